The lowest BCUT2D eigenvalue weighted by molar-refractivity contribution is -0.422. The van der Waals surface area contributed by atoms with Crippen LogP contribution in [0.2, 0.25) is 0 Å². The summed E-state index contributed by atoms with van der Waals surface area (Å²) in [6.07, 6.45) is 3.09. The van der Waals surface area contributed by atoms with Gasteiger partial charge in [-0.3, -0.25) is 15.1 Å². The first-order chi connectivity index (χ1) is 5.20. The van der Waals surface area contributed by atoms with Gasteiger partial charge in [0.05, 0.1) is 15.3 Å². The fourth-order valence-corrected chi connectivity index (χ4v) is 1.16. The van der Waals surface area contributed by atoms with E-state index in [1.165, 1.54) is 24.3 Å². The zero-order valence-corrected chi connectivity index (χ0v) is 6.67. The number of hydrogen-bond donors (Lipinski definition) is 0. The zero-order chi connectivity index (χ0) is 8.27. The van der Waals surface area contributed by atoms with Crippen molar-refractivity contribution in [1.29, 1.82) is 0 Å². The molecule has 1 rings (SSSR count). The van der Waals surface area contributed by atoms with Crippen molar-refractivity contribution in [2.24, 2.45) is 0 Å². The quantitative estimate of drug-likeness (QED) is 0.502. The number of aromatic nitrogens is 1. The second-order valence-electron chi connectivity index (χ2n) is 1.95. The highest BCUT2D eigenvalue weighted by Crippen LogP contribution is 2.10. The number of rotatable bonds is 2. The van der Waals surface area contributed by atoms with Gasteiger partial charge in [0.2, 0.25) is 5.70 Å². The molecule has 1 heterocycles. The van der Waals surface area contributed by atoms with Gasteiger partial charge in [-0.1, -0.05) is 0 Å². The standard InChI is InChI=1S/C6H6N2O2S/c1-5(8(9)10)2-6-3-7-4-11-6/h2-4H,1H3. The molecule has 0 saturated heterocycles. The number of allylic oxidation sites excluding steroid dienone is 1. The van der Waals surface area contributed by atoms with Crippen molar-refractivity contribution in [3.05, 3.63) is 32.4 Å². The van der Waals surface area contributed by atoms with Crippen LogP contribution in [-0.4, -0.2) is 9.91 Å². The van der Waals surface area contributed by atoms with E-state index in [0.717, 1.165) is 4.88 Å². The van der Waals surface area contributed by atoms with Crippen LogP contribution in [0.25, 0.3) is 6.08 Å². The van der Waals surface area contributed by atoms with E-state index in [4.69, 9.17) is 0 Å². The van der Waals surface area contributed by atoms with Crippen molar-refractivity contribution in [2.75, 3.05) is 0 Å². The van der Waals surface area contributed by atoms with Crippen LogP contribution in [0.15, 0.2) is 17.4 Å². The molecule has 0 aliphatic carbocycles. The van der Waals surface area contributed by atoms with Crippen molar-refractivity contribution in [2.45, 2.75) is 6.92 Å². The SMILES string of the molecule is CC(=Cc1cncs1)[N+](=O)[O-]. The zero-order valence-electron chi connectivity index (χ0n) is 5.85. The summed E-state index contributed by atoms with van der Waals surface area (Å²) >= 11 is 1.38. The van der Waals surface area contributed by atoms with Gasteiger partial charge in [-0.05, 0) is 0 Å². The summed E-state index contributed by atoms with van der Waals surface area (Å²) in [5.74, 6) is 0. The molecule has 0 radical (unpaired) electrons. The van der Waals surface area contributed by atoms with Crippen LogP contribution in [0.1, 0.15) is 11.8 Å². The maximum Gasteiger partial charge on any atom is 0.244 e. The number of nitro groups is 1. The molecular formula is C6H6N2O2S. The maximum absolute atomic E-state index is 10.1. The topological polar surface area (TPSA) is 56.0 Å². The third-order valence-electron chi connectivity index (χ3n) is 1.09. The minimum absolute atomic E-state index is 0.134. The summed E-state index contributed by atoms with van der Waals surface area (Å²) < 4.78 is 0. The Bertz CT molecular complexity index is 279. The Kier molecular flexibility index (Phi) is 2.32. The Labute approximate surface area is 67.3 Å². The largest absolute Gasteiger partial charge is 0.259 e. The van der Waals surface area contributed by atoms with Crippen molar-refractivity contribution in [3.8, 4) is 0 Å². The maximum atomic E-state index is 10.1. The predicted octanol–water partition coefficient (Wildman–Crippen LogP) is 1.78. The fraction of sp³-hybridized carbons (Fsp3) is 0.167. The van der Waals surface area contributed by atoms with Gasteiger partial charge in [0, 0.05) is 19.2 Å². The molecule has 0 saturated carbocycles. The Morgan fingerprint density at radius 3 is 3.09 bits per heavy atom. The molecule has 0 bridgehead atoms. The van der Waals surface area contributed by atoms with Crippen molar-refractivity contribution in [1.82, 2.24) is 4.98 Å². The van der Waals surface area contributed by atoms with Gasteiger partial charge in [-0.25, -0.2) is 0 Å². The Hall–Kier alpha value is -1.23. The lowest BCUT2D eigenvalue weighted by atomic mass is 10.4. The van der Waals surface area contributed by atoms with E-state index in [9.17, 15) is 10.1 Å². The summed E-state index contributed by atoms with van der Waals surface area (Å²) in [4.78, 5) is 14.3. The molecule has 1 aromatic rings. The monoisotopic (exact) mass is 170 g/mol. The number of hydrogen-bond acceptors (Lipinski definition) is 4. The number of nitrogens with zero attached hydrogens (tertiary/aromatic N) is 2. The average molecular weight is 170 g/mol. The second kappa shape index (κ2) is 3.25. The van der Waals surface area contributed by atoms with E-state index in [0.29, 0.717) is 0 Å². The van der Waals surface area contributed by atoms with E-state index >= 15 is 0 Å². The molecule has 0 fully saturated rings. The van der Waals surface area contributed by atoms with Crippen molar-refractivity contribution < 1.29 is 4.92 Å². The van der Waals surface area contributed by atoms with Crippen LogP contribution in [0, 0.1) is 10.1 Å². The minimum atomic E-state index is -0.417. The highest BCUT2D eigenvalue weighted by atomic mass is 32.1. The second-order valence-corrected chi connectivity index (χ2v) is 2.86. The van der Waals surface area contributed by atoms with Crippen molar-refractivity contribution in [3.63, 3.8) is 0 Å². The summed E-state index contributed by atoms with van der Waals surface area (Å²) in [5.41, 5.74) is 1.77. The molecule has 1 aromatic heterocycles. The first-order valence-corrected chi connectivity index (χ1v) is 3.79. The summed E-state index contributed by atoms with van der Waals surface area (Å²) in [7, 11) is 0. The van der Waals surface area contributed by atoms with Gasteiger partial charge in [0.25, 0.3) is 0 Å². The van der Waals surface area contributed by atoms with Crippen LogP contribution >= 0.6 is 11.3 Å². The summed E-state index contributed by atoms with van der Waals surface area (Å²) in [6.45, 7) is 1.46. The Morgan fingerprint density at radius 2 is 2.64 bits per heavy atom. The third kappa shape index (κ3) is 2.12. The highest BCUT2D eigenvalue weighted by Gasteiger charge is 2.01. The molecule has 0 atom stereocenters. The molecular weight excluding hydrogens is 164 g/mol. The van der Waals surface area contributed by atoms with E-state index in [1.54, 1.807) is 11.7 Å². The van der Waals surface area contributed by atoms with Gasteiger partial charge in [0.1, 0.15) is 0 Å². The van der Waals surface area contributed by atoms with Gasteiger partial charge in [-0.2, -0.15) is 0 Å². The van der Waals surface area contributed by atoms with E-state index in [-0.39, 0.29) is 5.70 Å². The predicted molar refractivity (Wildman–Crippen MR) is 42.8 cm³/mol. The third-order valence-corrected chi connectivity index (χ3v) is 1.81. The molecule has 58 valence electrons. The highest BCUT2D eigenvalue weighted by molar-refractivity contribution is 7.10. The molecule has 0 spiro atoms. The van der Waals surface area contributed by atoms with Crippen LogP contribution in [-0.2, 0) is 0 Å². The smallest absolute Gasteiger partial charge is 0.244 e. The van der Waals surface area contributed by atoms with Gasteiger partial charge >= 0.3 is 0 Å². The Morgan fingerprint density at radius 1 is 1.91 bits per heavy atom. The van der Waals surface area contributed by atoms with Crippen LogP contribution in [0.4, 0.5) is 0 Å². The fourth-order valence-electron chi connectivity index (χ4n) is 0.555. The number of thiazole rings is 1. The molecule has 5 heteroatoms. The van der Waals surface area contributed by atoms with Crippen LogP contribution < -0.4 is 0 Å². The minimum Gasteiger partial charge on any atom is -0.259 e. The van der Waals surface area contributed by atoms with E-state index < -0.39 is 4.92 Å². The molecule has 4 nitrogen and oxygen atoms in total. The summed E-state index contributed by atoms with van der Waals surface area (Å²) in [6, 6.07) is 0. The molecule has 0 unspecified atom stereocenters. The van der Waals surface area contributed by atoms with Crippen molar-refractivity contribution >= 4 is 17.4 Å². The van der Waals surface area contributed by atoms with E-state index in [2.05, 4.69) is 4.98 Å². The Balaban J connectivity index is 2.82. The summed E-state index contributed by atoms with van der Waals surface area (Å²) in [5, 5.41) is 10.1. The van der Waals surface area contributed by atoms with Crippen LogP contribution in [0.3, 0.4) is 0 Å². The van der Waals surface area contributed by atoms with Crippen LogP contribution in [0.5, 0.6) is 0 Å². The van der Waals surface area contributed by atoms with Gasteiger partial charge in [0.15, 0.2) is 0 Å². The molecule has 0 amide bonds. The van der Waals surface area contributed by atoms with Gasteiger partial charge in [-0.15, -0.1) is 11.3 Å². The average Bonchev–Trinajstić information content (AvgIpc) is 2.39. The normalized spacial score (nSPS) is 11.5. The molecule has 0 aromatic carbocycles. The first kappa shape index (κ1) is 7.87. The molecule has 0 aliphatic rings. The lowest BCUT2D eigenvalue weighted by Crippen LogP contribution is -1.91. The molecule has 0 aliphatic heterocycles. The molecule has 0 N–H and O–H groups in total. The van der Waals surface area contributed by atoms with E-state index in [1.807, 2.05) is 0 Å². The molecule has 11 heavy (non-hydrogen) atoms. The van der Waals surface area contributed by atoms with Gasteiger partial charge < -0.3 is 0 Å². The first-order valence-electron chi connectivity index (χ1n) is 2.91. The lowest BCUT2D eigenvalue weighted by Gasteiger charge is -1.85.